The topological polar surface area (TPSA) is 37.3 Å². The van der Waals surface area contributed by atoms with E-state index >= 15 is 0 Å². The number of hydrogen-bond donors (Lipinski definition) is 2. The van der Waals surface area contributed by atoms with Crippen LogP contribution >= 0.6 is 12.6 Å². The molecule has 48 valence electrons. The summed E-state index contributed by atoms with van der Waals surface area (Å²) in [5, 5.41) is 8.19. The Morgan fingerprint density at radius 3 is 2.50 bits per heavy atom. The zero-order valence-electron chi connectivity index (χ0n) is 4.79. The molecule has 0 spiro atoms. The standard InChI is InChI=1S/C5H10O2S/c1-2-4(8)3-5(6)7/h4,8H,2-3H2,1H3,(H,6,7)/t4-/m0/s1. The molecule has 0 aliphatic rings. The maximum absolute atomic E-state index is 9.92. The number of aliphatic carboxylic acids is 1. The van der Waals surface area contributed by atoms with Crippen molar-refractivity contribution in [1.82, 2.24) is 0 Å². The van der Waals surface area contributed by atoms with Gasteiger partial charge in [0.2, 0.25) is 0 Å². The smallest absolute Gasteiger partial charge is 0.304 e. The van der Waals surface area contributed by atoms with Crippen molar-refractivity contribution in [3.05, 3.63) is 0 Å². The first kappa shape index (κ1) is 7.82. The van der Waals surface area contributed by atoms with Gasteiger partial charge < -0.3 is 5.11 Å². The number of hydrogen-bond acceptors (Lipinski definition) is 2. The maximum Gasteiger partial charge on any atom is 0.304 e. The molecule has 0 bridgehead atoms. The minimum Gasteiger partial charge on any atom is -0.481 e. The van der Waals surface area contributed by atoms with E-state index in [0.29, 0.717) is 0 Å². The first-order valence-corrected chi connectivity index (χ1v) is 3.08. The molecular formula is C5H10O2S. The minimum atomic E-state index is -0.771. The second-order valence-corrected chi connectivity index (χ2v) is 2.39. The van der Waals surface area contributed by atoms with E-state index in [9.17, 15) is 4.79 Å². The summed E-state index contributed by atoms with van der Waals surface area (Å²) in [5.74, 6) is -0.771. The maximum atomic E-state index is 9.92. The third-order valence-electron chi connectivity index (χ3n) is 0.881. The van der Waals surface area contributed by atoms with Gasteiger partial charge in [0.15, 0.2) is 0 Å². The van der Waals surface area contributed by atoms with Gasteiger partial charge in [0.05, 0.1) is 6.42 Å². The highest BCUT2D eigenvalue weighted by atomic mass is 32.1. The molecule has 3 heteroatoms. The number of rotatable bonds is 3. The molecule has 0 aromatic heterocycles. The fourth-order valence-corrected chi connectivity index (χ4v) is 0.502. The van der Waals surface area contributed by atoms with Gasteiger partial charge in [0.25, 0.3) is 0 Å². The van der Waals surface area contributed by atoms with Crippen molar-refractivity contribution in [2.45, 2.75) is 25.0 Å². The third-order valence-corrected chi connectivity index (χ3v) is 1.43. The third kappa shape index (κ3) is 3.99. The van der Waals surface area contributed by atoms with Crippen LogP contribution in [0.25, 0.3) is 0 Å². The van der Waals surface area contributed by atoms with E-state index in [1.54, 1.807) is 0 Å². The highest BCUT2D eigenvalue weighted by molar-refractivity contribution is 7.81. The molecule has 0 aromatic carbocycles. The fourth-order valence-electron chi connectivity index (χ4n) is 0.346. The molecule has 0 radical (unpaired) electrons. The molecule has 0 rings (SSSR count). The van der Waals surface area contributed by atoms with Gasteiger partial charge in [0.1, 0.15) is 0 Å². The Labute approximate surface area is 54.3 Å². The lowest BCUT2D eigenvalue weighted by molar-refractivity contribution is -0.136. The Bertz CT molecular complexity index is 82.5. The van der Waals surface area contributed by atoms with Gasteiger partial charge in [-0.2, -0.15) is 12.6 Å². The SMILES string of the molecule is CC[C@H](S)CC(=O)O. The second kappa shape index (κ2) is 3.78. The predicted octanol–water partition coefficient (Wildman–Crippen LogP) is 1.17. The second-order valence-electron chi connectivity index (χ2n) is 1.66. The van der Waals surface area contributed by atoms with Gasteiger partial charge in [-0.15, -0.1) is 0 Å². The highest BCUT2D eigenvalue weighted by Gasteiger charge is 2.03. The van der Waals surface area contributed by atoms with Crippen LogP contribution in [-0.4, -0.2) is 16.3 Å². The van der Waals surface area contributed by atoms with Crippen molar-refractivity contribution in [1.29, 1.82) is 0 Å². The molecule has 0 saturated heterocycles. The lowest BCUT2D eigenvalue weighted by Gasteiger charge is -1.99. The van der Waals surface area contributed by atoms with Crippen LogP contribution < -0.4 is 0 Å². The van der Waals surface area contributed by atoms with Crippen molar-refractivity contribution in [3.8, 4) is 0 Å². The average Bonchev–Trinajstić information content (AvgIpc) is 1.65. The summed E-state index contributed by atoms with van der Waals surface area (Å²) in [6.07, 6.45) is 0.981. The lowest BCUT2D eigenvalue weighted by atomic mass is 10.2. The van der Waals surface area contributed by atoms with E-state index in [0.717, 1.165) is 6.42 Å². The van der Waals surface area contributed by atoms with Crippen LogP contribution in [0.5, 0.6) is 0 Å². The molecule has 0 amide bonds. The fraction of sp³-hybridized carbons (Fsp3) is 0.800. The molecule has 0 aliphatic heterocycles. The number of carboxylic acid groups (broad SMARTS) is 1. The van der Waals surface area contributed by atoms with Crippen LogP contribution in [0.4, 0.5) is 0 Å². The van der Waals surface area contributed by atoms with E-state index < -0.39 is 5.97 Å². The Balaban J connectivity index is 3.24. The van der Waals surface area contributed by atoms with Gasteiger partial charge in [-0.1, -0.05) is 6.92 Å². The zero-order chi connectivity index (χ0) is 6.57. The van der Waals surface area contributed by atoms with Crippen molar-refractivity contribution >= 4 is 18.6 Å². The molecular weight excluding hydrogens is 124 g/mol. The quantitative estimate of drug-likeness (QED) is 0.568. The summed E-state index contributed by atoms with van der Waals surface area (Å²) in [7, 11) is 0. The lowest BCUT2D eigenvalue weighted by Crippen LogP contribution is -2.04. The summed E-state index contributed by atoms with van der Waals surface area (Å²) in [4.78, 5) is 9.92. The van der Waals surface area contributed by atoms with Crippen LogP contribution in [0.3, 0.4) is 0 Å². The van der Waals surface area contributed by atoms with E-state index in [4.69, 9.17) is 5.11 Å². The van der Waals surface area contributed by atoms with Gasteiger partial charge in [-0.25, -0.2) is 0 Å². The summed E-state index contributed by atoms with van der Waals surface area (Å²) in [6, 6.07) is 0. The monoisotopic (exact) mass is 134 g/mol. The number of thiol groups is 1. The van der Waals surface area contributed by atoms with Gasteiger partial charge in [0, 0.05) is 5.25 Å². The summed E-state index contributed by atoms with van der Waals surface area (Å²) < 4.78 is 0. The van der Waals surface area contributed by atoms with E-state index in [-0.39, 0.29) is 11.7 Å². The van der Waals surface area contributed by atoms with Gasteiger partial charge in [-0.3, -0.25) is 4.79 Å². The molecule has 1 atom stereocenters. The van der Waals surface area contributed by atoms with Crippen LogP contribution in [0.15, 0.2) is 0 Å². The van der Waals surface area contributed by atoms with E-state index in [2.05, 4.69) is 12.6 Å². The summed E-state index contributed by atoms with van der Waals surface area (Å²) in [5.41, 5.74) is 0. The molecule has 0 unspecified atom stereocenters. The number of carbonyl (C=O) groups is 1. The van der Waals surface area contributed by atoms with Crippen LogP contribution in [0.1, 0.15) is 19.8 Å². The molecule has 1 N–H and O–H groups in total. The first-order chi connectivity index (χ1) is 3.66. The molecule has 0 saturated carbocycles. The first-order valence-electron chi connectivity index (χ1n) is 2.56. The van der Waals surface area contributed by atoms with Crippen LogP contribution in [0.2, 0.25) is 0 Å². The van der Waals surface area contributed by atoms with Crippen LogP contribution in [0, 0.1) is 0 Å². The molecule has 8 heavy (non-hydrogen) atoms. The van der Waals surface area contributed by atoms with Crippen molar-refractivity contribution in [3.63, 3.8) is 0 Å². The Morgan fingerprint density at radius 1 is 1.88 bits per heavy atom. The number of carboxylic acids is 1. The van der Waals surface area contributed by atoms with E-state index in [1.807, 2.05) is 6.92 Å². The van der Waals surface area contributed by atoms with Gasteiger partial charge in [-0.05, 0) is 6.42 Å². The van der Waals surface area contributed by atoms with Crippen molar-refractivity contribution in [2.24, 2.45) is 0 Å². The molecule has 0 aliphatic carbocycles. The van der Waals surface area contributed by atoms with Crippen molar-refractivity contribution in [2.75, 3.05) is 0 Å². The molecule has 0 aromatic rings. The Kier molecular flexibility index (Phi) is 3.69. The van der Waals surface area contributed by atoms with Crippen LogP contribution in [-0.2, 0) is 4.79 Å². The predicted molar refractivity (Wildman–Crippen MR) is 35.3 cm³/mol. The molecule has 0 heterocycles. The Hall–Kier alpha value is -0.180. The molecule has 0 fully saturated rings. The minimum absolute atomic E-state index is 0.0208. The summed E-state index contributed by atoms with van der Waals surface area (Å²) >= 11 is 3.99. The van der Waals surface area contributed by atoms with E-state index in [1.165, 1.54) is 0 Å². The Morgan fingerprint density at radius 2 is 2.38 bits per heavy atom. The average molecular weight is 134 g/mol. The summed E-state index contributed by atoms with van der Waals surface area (Å²) in [6.45, 7) is 1.92. The molecule has 2 nitrogen and oxygen atoms in total. The highest BCUT2D eigenvalue weighted by Crippen LogP contribution is 2.04. The van der Waals surface area contributed by atoms with Gasteiger partial charge >= 0.3 is 5.97 Å². The zero-order valence-corrected chi connectivity index (χ0v) is 5.69. The normalized spacial score (nSPS) is 13.2. The largest absolute Gasteiger partial charge is 0.481 e. The van der Waals surface area contributed by atoms with Crippen molar-refractivity contribution < 1.29 is 9.90 Å².